The van der Waals surface area contributed by atoms with Crippen LogP contribution in [0.1, 0.15) is 48.9 Å². The summed E-state index contributed by atoms with van der Waals surface area (Å²) < 4.78 is 10.4. The number of imide groups is 1. The molecule has 3 aliphatic carbocycles. The van der Waals surface area contributed by atoms with Crippen LogP contribution >= 0.6 is 0 Å². The number of esters is 2. The van der Waals surface area contributed by atoms with Gasteiger partial charge in [0.2, 0.25) is 11.8 Å². The fraction of sp³-hybridized carbons (Fsp3) is 0.267. The Labute approximate surface area is 218 Å². The molecule has 1 aliphatic heterocycles. The third-order valence-corrected chi connectivity index (χ3v) is 7.99. The smallest absolute Gasteiger partial charge is 0.308 e. The first-order chi connectivity index (χ1) is 18.2. The topological polar surface area (TPSA) is 110 Å². The van der Waals surface area contributed by atoms with Gasteiger partial charge in [-0.15, -0.1) is 0 Å². The lowest BCUT2D eigenvalue weighted by atomic mass is 9.46. The van der Waals surface area contributed by atoms with Crippen LogP contribution < -0.4 is 14.4 Å². The largest absolute Gasteiger partial charge is 0.427 e. The van der Waals surface area contributed by atoms with Gasteiger partial charge in [0.1, 0.15) is 11.5 Å². The molecule has 4 aliphatic rings. The molecule has 0 radical (unpaired) electrons. The first-order valence-electron chi connectivity index (χ1n) is 12.4. The van der Waals surface area contributed by atoms with Crippen molar-refractivity contribution in [1.29, 1.82) is 0 Å². The lowest BCUT2D eigenvalue weighted by Crippen LogP contribution is -2.58. The molecule has 0 saturated carbocycles. The molecule has 1 heterocycles. The minimum Gasteiger partial charge on any atom is -0.427 e. The quantitative estimate of drug-likeness (QED) is 0.324. The molecule has 1 N–H and O–H groups in total. The second-order valence-electron chi connectivity index (χ2n) is 10.1. The highest BCUT2D eigenvalue weighted by molar-refractivity contribution is 6.24. The van der Waals surface area contributed by atoms with Gasteiger partial charge in [-0.25, -0.2) is 4.90 Å². The maximum Gasteiger partial charge on any atom is 0.308 e. The number of hydrogen-bond acceptors (Lipinski definition) is 7. The van der Waals surface area contributed by atoms with Crippen LogP contribution in [0.4, 0.5) is 5.69 Å². The number of nitrogens with zero attached hydrogens (tertiary/aromatic N) is 1. The molecule has 38 heavy (non-hydrogen) atoms. The van der Waals surface area contributed by atoms with Crippen molar-refractivity contribution in [2.24, 2.45) is 11.8 Å². The van der Waals surface area contributed by atoms with Crippen LogP contribution in [0, 0.1) is 11.8 Å². The van der Waals surface area contributed by atoms with Crippen LogP contribution in [-0.4, -0.2) is 35.0 Å². The van der Waals surface area contributed by atoms with E-state index in [1.807, 2.05) is 48.5 Å². The third kappa shape index (κ3) is 3.13. The average molecular weight is 512 g/mol. The minimum atomic E-state index is -1.14. The van der Waals surface area contributed by atoms with Gasteiger partial charge in [0.05, 0.1) is 29.0 Å². The molecule has 3 unspecified atom stereocenters. The predicted octanol–water partition coefficient (Wildman–Crippen LogP) is 3.47. The van der Waals surface area contributed by atoms with Crippen molar-refractivity contribution < 1.29 is 33.8 Å². The normalized spacial score (nSPS) is 25.4. The summed E-state index contributed by atoms with van der Waals surface area (Å²) in [4.78, 5) is 52.9. The van der Waals surface area contributed by atoms with Crippen LogP contribution in [0.3, 0.4) is 0 Å². The highest BCUT2D eigenvalue weighted by Gasteiger charge is 2.69. The summed E-state index contributed by atoms with van der Waals surface area (Å²) in [6.45, 7) is 4.10. The van der Waals surface area contributed by atoms with Gasteiger partial charge in [-0.1, -0.05) is 48.5 Å². The maximum absolute atomic E-state index is 14.3. The Morgan fingerprint density at radius 3 is 1.82 bits per heavy atom. The molecule has 192 valence electrons. The first-order valence-corrected chi connectivity index (χ1v) is 12.4. The number of rotatable bonds is 4. The summed E-state index contributed by atoms with van der Waals surface area (Å²) in [6.07, 6.45) is -0.987. The lowest BCUT2D eigenvalue weighted by molar-refractivity contribution is -0.132. The molecule has 3 atom stereocenters. The zero-order chi connectivity index (χ0) is 26.9. The van der Waals surface area contributed by atoms with Crippen molar-refractivity contribution in [2.45, 2.75) is 38.2 Å². The summed E-state index contributed by atoms with van der Waals surface area (Å²) in [6, 6.07) is 19.5. The van der Waals surface area contributed by atoms with Gasteiger partial charge in [-0.2, -0.15) is 0 Å². The van der Waals surface area contributed by atoms with Gasteiger partial charge < -0.3 is 14.6 Å². The minimum absolute atomic E-state index is 0.0292. The van der Waals surface area contributed by atoms with Crippen molar-refractivity contribution in [2.75, 3.05) is 4.90 Å². The van der Waals surface area contributed by atoms with Crippen molar-refractivity contribution in [3.8, 4) is 11.5 Å². The third-order valence-electron chi connectivity index (χ3n) is 7.99. The van der Waals surface area contributed by atoms with E-state index in [2.05, 4.69) is 0 Å². The molecule has 8 nitrogen and oxygen atoms in total. The fourth-order valence-electron chi connectivity index (χ4n) is 6.93. The number of ether oxygens (including phenoxy) is 2. The second-order valence-corrected chi connectivity index (χ2v) is 10.1. The average Bonchev–Trinajstić information content (AvgIpc) is 3.13. The fourth-order valence-corrected chi connectivity index (χ4v) is 6.93. The number of carbonyl (C=O) groups excluding carboxylic acids is 4. The summed E-state index contributed by atoms with van der Waals surface area (Å²) in [7, 11) is 0. The molecule has 8 heteroatoms. The molecule has 3 aromatic rings. The highest BCUT2D eigenvalue weighted by atomic mass is 16.5. The van der Waals surface area contributed by atoms with E-state index < -0.39 is 47.1 Å². The Balaban J connectivity index is 1.57. The van der Waals surface area contributed by atoms with Crippen LogP contribution in [0.5, 0.6) is 11.5 Å². The summed E-state index contributed by atoms with van der Waals surface area (Å²) in [5.41, 5.74) is 2.52. The monoisotopic (exact) mass is 511 g/mol. The van der Waals surface area contributed by atoms with E-state index >= 15 is 0 Å². The van der Waals surface area contributed by atoms with E-state index in [1.165, 1.54) is 32.0 Å². The van der Waals surface area contributed by atoms with E-state index in [0.717, 1.165) is 27.2 Å². The molecule has 7 rings (SSSR count). The number of aliphatic hydroxyl groups is 1. The SMILES string of the molecule is CC(=O)Oc1cc(OC(C)=O)cc(N2C(=O)C3C4c5ccccc5C(C(C)O)(c5ccccc54)C3C2=O)c1. The Morgan fingerprint density at radius 1 is 0.842 bits per heavy atom. The number of hydrogen-bond donors (Lipinski definition) is 1. The van der Waals surface area contributed by atoms with Crippen molar-refractivity contribution >= 4 is 29.4 Å². The lowest BCUT2D eigenvalue weighted by Gasteiger charge is -2.55. The predicted molar refractivity (Wildman–Crippen MR) is 136 cm³/mol. The summed E-state index contributed by atoms with van der Waals surface area (Å²) in [5, 5.41) is 11.4. The first kappa shape index (κ1) is 24.1. The van der Waals surface area contributed by atoms with Crippen LogP contribution in [0.2, 0.25) is 0 Å². The number of amides is 2. The molecule has 2 amide bonds. The molecule has 1 saturated heterocycles. The van der Waals surface area contributed by atoms with Crippen molar-refractivity contribution in [1.82, 2.24) is 0 Å². The van der Waals surface area contributed by atoms with Gasteiger partial charge >= 0.3 is 11.9 Å². The van der Waals surface area contributed by atoms with E-state index in [0.29, 0.717) is 0 Å². The molecule has 1 fully saturated rings. The second kappa shape index (κ2) is 8.36. The summed E-state index contributed by atoms with van der Waals surface area (Å²) in [5.74, 6) is -4.05. The Kier molecular flexibility index (Phi) is 5.29. The van der Waals surface area contributed by atoms with E-state index in [1.54, 1.807) is 6.92 Å². The Hall–Kier alpha value is -4.30. The van der Waals surface area contributed by atoms with Crippen LogP contribution in [0.25, 0.3) is 0 Å². The molecular formula is C30H25NO7. The van der Waals surface area contributed by atoms with Crippen molar-refractivity contribution in [3.05, 3.63) is 89.0 Å². The number of aliphatic hydroxyl groups excluding tert-OH is 1. The maximum atomic E-state index is 14.3. The standard InChI is InChI=1S/C30H25NO7/c1-15(32)30-23-10-6-4-8-21(23)25(22-9-5-7-11-24(22)30)26-27(30)29(36)31(28(26)35)18-12-19(37-16(2)33)14-20(13-18)38-17(3)34/h4-15,25-27,32H,1-3H3. The molecular weight excluding hydrogens is 486 g/mol. The Bertz CT molecular complexity index is 1460. The molecule has 0 spiro atoms. The number of benzene rings is 3. The van der Waals surface area contributed by atoms with E-state index in [4.69, 9.17) is 9.47 Å². The number of carbonyl (C=O) groups is 4. The number of anilines is 1. The van der Waals surface area contributed by atoms with Crippen LogP contribution in [-0.2, 0) is 24.6 Å². The van der Waals surface area contributed by atoms with Gasteiger partial charge in [0.25, 0.3) is 0 Å². The van der Waals surface area contributed by atoms with E-state index in [-0.39, 0.29) is 23.1 Å². The molecule has 0 aromatic heterocycles. The van der Waals surface area contributed by atoms with E-state index in [9.17, 15) is 24.3 Å². The highest BCUT2D eigenvalue weighted by Crippen LogP contribution is 2.65. The molecule has 2 bridgehead atoms. The van der Waals surface area contributed by atoms with Crippen molar-refractivity contribution in [3.63, 3.8) is 0 Å². The van der Waals surface area contributed by atoms with Gasteiger partial charge in [0.15, 0.2) is 0 Å². The van der Waals surface area contributed by atoms with Crippen LogP contribution in [0.15, 0.2) is 66.7 Å². The summed E-state index contributed by atoms with van der Waals surface area (Å²) >= 11 is 0. The Morgan fingerprint density at radius 2 is 1.34 bits per heavy atom. The zero-order valence-electron chi connectivity index (χ0n) is 21.0. The van der Waals surface area contributed by atoms with Gasteiger partial charge in [-0.05, 0) is 29.2 Å². The molecule has 3 aromatic carbocycles. The zero-order valence-corrected chi connectivity index (χ0v) is 21.0. The van der Waals surface area contributed by atoms with Gasteiger partial charge in [0, 0.05) is 38.0 Å². The van der Waals surface area contributed by atoms with Gasteiger partial charge in [-0.3, -0.25) is 19.2 Å².